The molecule has 0 atom stereocenters. The molecule has 0 fully saturated rings. The van der Waals surface area contributed by atoms with Crippen LogP contribution in [0.3, 0.4) is 0 Å². The predicted molar refractivity (Wildman–Crippen MR) is 71.0 cm³/mol. The monoisotopic (exact) mass is 260 g/mol. The van der Waals surface area contributed by atoms with E-state index < -0.39 is 0 Å². The van der Waals surface area contributed by atoms with Crippen molar-refractivity contribution in [2.24, 2.45) is 7.05 Å². The Hall–Kier alpha value is -2.37. The van der Waals surface area contributed by atoms with E-state index in [9.17, 15) is 9.59 Å². The largest absolute Gasteiger partial charge is 0.364 e. The Balaban J connectivity index is 1.92. The minimum absolute atomic E-state index is 0.136. The molecule has 2 N–H and O–H groups in total. The minimum Gasteiger partial charge on any atom is -0.364 e. The lowest BCUT2D eigenvalue weighted by atomic mass is 10.2. The van der Waals surface area contributed by atoms with Crippen molar-refractivity contribution in [3.63, 3.8) is 0 Å². The Kier molecular flexibility index (Phi) is 3.79. The lowest BCUT2D eigenvalue weighted by Crippen LogP contribution is -2.30. The molecule has 0 aliphatic heterocycles. The summed E-state index contributed by atoms with van der Waals surface area (Å²) in [6.45, 7) is 2.24. The molecule has 100 valence electrons. The van der Waals surface area contributed by atoms with Gasteiger partial charge in [0.1, 0.15) is 5.56 Å². The molecule has 0 saturated carbocycles. The Morgan fingerprint density at radius 1 is 1.53 bits per heavy atom. The Morgan fingerprint density at radius 2 is 2.32 bits per heavy atom. The Labute approximate surface area is 110 Å². The number of hydrogen-bond acceptors (Lipinski definition) is 3. The van der Waals surface area contributed by atoms with E-state index in [1.165, 1.54) is 12.3 Å². The highest BCUT2D eigenvalue weighted by Gasteiger charge is 2.09. The van der Waals surface area contributed by atoms with Gasteiger partial charge in [0.25, 0.3) is 5.91 Å². The zero-order valence-electron chi connectivity index (χ0n) is 10.9. The smallest absolute Gasteiger partial charge is 0.256 e. The Morgan fingerprint density at radius 3 is 2.95 bits per heavy atom. The Bertz CT molecular complexity index is 642. The minimum atomic E-state index is -0.356. The van der Waals surface area contributed by atoms with Gasteiger partial charge in [0.2, 0.25) is 0 Å². The van der Waals surface area contributed by atoms with Crippen LogP contribution in [0.1, 0.15) is 21.6 Å². The van der Waals surface area contributed by atoms with Crippen LogP contribution in [-0.2, 0) is 13.5 Å². The standard InChI is InChI=1S/C13H16N4O2/c1-9-5-12(18)11(7-15-9)13(19)14-4-3-10-6-16-17(2)8-10/h5-8H,3-4H2,1-2H3,(H,14,19)(H,15,18). The number of carbonyl (C=O) groups is 1. The first-order valence-corrected chi connectivity index (χ1v) is 6.01. The number of nitrogens with one attached hydrogen (secondary N) is 2. The van der Waals surface area contributed by atoms with Crippen molar-refractivity contribution in [3.05, 3.63) is 51.7 Å². The zero-order valence-corrected chi connectivity index (χ0v) is 10.9. The van der Waals surface area contributed by atoms with Crippen LogP contribution in [-0.4, -0.2) is 27.2 Å². The number of pyridine rings is 1. The van der Waals surface area contributed by atoms with Crippen molar-refractivity contribution in [2.45, 2.75) is 13.3 Å². The maximum absolute atomic E-state index is 11.8. The van der Waals surface area contributed by atoms with E-state index >= 15 is 0 Å². The molecule has 0 radical (unpaired) electrons. The number of H-pyrrole nitrogens is 1. The number of aromatic nitrogens is 3. The van der Waals surface area contributed by atoms with Gasteiger partial charge in [-0.2, -0.15) is 5.10 Å². The lowest BCUT2D eigenvalue weighted by molar-refractivity contribution is 0.0952. The molecule has 0 saturated heterocycles. The normalized spacial score (nSPS) is 10.4. The van der Waals surface area contributed by atoms with E-state index in [2.05, 4.69) is 15.4 Å². The van der Waals surface area contributed by atoms with Crippen LogP contribution in [0.25, 0.3) is 0 Å². The fraction of sp³-hybridized carbons (Fsp3) is 0.308. The number of rotatable bonds is 4. The quantitative estimate of drug-likeness (QED) is 0.834. The predicted octanol–water partition coefficient (Wildman–Crippen LogP) is 0.389. The number of aryl methyl sites for hydroxylation is 2. The second-order valence-corrected chi connectivity index (χ2v) is 4.42. The van der Waals surface area contributed by atoms with Crippen LogP contribution >= 0.6 is 0 Å². The van der Waals surface area contributed by atoms with E-state index in [0.717, 1.165) is 11.3 Å². The van der Waals surface area contributed by atoms with Crippen molar-refractivity contribution < 1.29 is 4.79 Å². The fourth-order valence-electron chi connectivity index (χ4n) is 1.77. The summed E-state index contributed by atoms with van der Waals surface area (Å²) < 4.78 is 1.71. The summed E-state index contributed by atoms with van der Waals surface area (Å²) in [6.07, 6.45) is 5.77. The molecule has 0 aromatic carbocycles. The number of aromatic amines is 1. The topological polar surface area (TPSA) is 79.8 Å². The molecular weight excluding hydrogens is 244 g/mol. The molecule has 19 heavy (non-hydrogen) atoms. The molecule has 2 aromatic heterocycles. The van der Waals surface area contributed by atoms with Gasteiger partial charge in [-0.3, -0.25) is 14.3 Å². The van der Waals surface area contributed by atoms with Gasteiger partial charge in [0, 0.05) is 37.7 Å². The van der Waals surface area contributed by atoms with Crippen LogP contribution < -0.4 is 10.7 Å². The molecular formula is C13H16N4O2. The number of nitrogens with zero attached hydrogens (tertiary/aromatic N) is 2. The van der Waals surface area contributed by atoms with Gasteiger partial charge >= 0.3 is 0 Å². The van der Waals surface area contributed by atoms with Gasteiger partial charge in [0.05, 0.1) is 6.20 Å². The highest BCUT2D eigenvalue weighted by molar-refractivity contribution is 5.93. The van der Waals surface area contributed by atoms with E-state index in [0.29, 0.717) is 13.0 Å². The first-order valence-electron chi connectivity index (χ1n) is 6.01. The molecule has 0 unspecified atom stereocenters. The van der Waals surface area contributed by atoms with Gasteiger partial charge in [-0.25, -0.2) is 0 Å². The van der Waals surface area contributed by atoms with Crippen molar-refractivity contribution in [3.8, 4) is 0 Å². The summed E-state index contributed by atoms with van der Waals surface area (Å²) in [4.78, 5) is 26.3. The molecule has 0 spiro atoms. The molecule has 6 nitrogen and oxygen atoms in total. The summed E-state index contributed by atoms with van der Waals surface area (Å²) in [7, 11) is 1.84. The highest BCUT2D eigenvalue weighted by Crippen LogP contribution is 1.97. The molecule has 2 aromatic rings. The number of hydrogen-bond donors (Lipinski definition) is 2. The zero-order chi connectivity index (χ0) is 13.8. The van der Waals surface area contributed by atoms with E-state index in [4.69, 9.17) is 0 Å². The average Bonchev–Trinajstić information content (AvgIpc) is 2.75. The summed E-state index contributed by atoms with van der Waals surface area (Å²) in [5.74, 6) is -0.356. The van der Waals surface area contributed by atoms with Crippen LogP contribution in [0.5, 0.6) is 0 Å². The van der Waals surface area contributed by atoms with Crippen molar-refractivity contribution in [1.82, 2.24) is 20.1 Å². The van der Waals surface area contributed by atoms with Crippen molar-refractivity contribution in [2.75, 3.05) is 6.54 Å². The molecule has 1 amide bonds. The first-order chi connectivity index (χ1) is 9.06. The highest BCUT2D eigenvalue weighted by atomic mass is 16.2. The fourth-order valence-corrected chi connectivity index (χ4v) is 1.77. The number of amides is 1. The second kappa shape index (κ2) is 5.51. The van der Waals surface area contributed by atoms with Gasteiger partial charge in [-0.1, -0.05) is 0 Å². The van der Waals surface area contributed by atoms with E-state index in [1.807, 2.05) is 13.2 Å². The molecule has 2 rings (SSSR count). The summed E-state index contributed by atoms with van der Waals surface area (Å²) in [6, 6.07) is 1.41. The maximum atomic E-state index is 11.8. The molecule has 6 heteroatoms. The first kappa shape index (κ1) is 13.1. The van der Waals surface area contributed by atoms with E-state index in [-0.39, 0.29) is 16.9 Å². The van der Waals surface area contributed by atoms with E-state index in [1.54, 1.807) is 17.8 Å². The summed E-state index contributed by atoms with van der Waals surface area (Å²) in [5.41, 5.74) is 1.64. The summed E-state index contributed by atoms with van der Waals surface area (Å²) >= 11 is 0. The third-order valence-corrected chi connectivity index (χ3v) is 2.76. The van der Waals surface area contributed by atoms with Crippen LogP contribution in [0.15, 0.2) is 29.5 Å². The van der Waals surface area contributed by atoms with Crippen molar-refractivity contribution in [1.29, 1.82) is 0 Å². The third kappa shape index (κ3) is 3.31. The average molecular weight is 260 g/mol. The number of carbonyl (C=O) groups excluding carboxylic acids is 1. The van der Waals surface area contributed by atoms with Gasteiger partial charge in [-0.05, 0) is 18.9 Å². The molecule has 0 aliphatic carbocycles. The van der Waals surface area contributed by atoms with Crippen LogP contribution in [0.4, 0.5) is 0 Å². The third-order valence-electron chi connectivity index (χ3n) is 2.76. The summed E-state index contributed by atoms with van der Waals surface area (Å²) in [5, 5.41) is 6.77. The second-order valence-electron chi connectivity index (χ2n) is 4.42. The van der Waals surface area contributed by atoms with Crippen LogP contribution in [0.2, 0.25) is 0 Å². The van der Waals surface area contributed by atoms with Gasteiger partial charge in [-0.15, -0.1) is 0 Å². The SMILES string of the molecule is Cc1cc(=O)c(C(=O)NCCc2cnn(C)c2)c[nH]1. The van der Waals surface area contributed by atoms with Crippen LogP contribution in [0, 0.1) is 6.92 Å². The van der Waals surface area contributed by atoms with Gasteiger partial charge < -0.3 is 10.3 Å². The molecule has 0 bridgehead atoms. The lowest BCUT2D eigenvalue weighted by Gasteiger charge is -2.04. The molecule has 0 aliphatic rings. The molecule has 2 heterocycles. The maximum Gasteiger partial charge on any atom is 0.256 e. The van der Waals surface area contributed by atoms with Gasteiger partial charge in [0.15, 0.2) is 5.43 Å². The van der Waals surface area contributed by atoms with Crippen molar-refractivity contribution >= 4 is 5.91 Å².